The number of hydrogen-bond acceptors (Lipinski definition) is 1. The zero-order valence-corrected chi connectivity index (χ0v) is 9.73. The van der Waals surface area contributed by atoms with E-state index in [1.807, 2.05) is 5.70 Å². The fourth-order valence-electron chi connectivity index (χ4n) is 0.923. The van der Waals surface area contributed by atoms with Gasteiger partial charge in [-0.25, -0.2) is 0 Å². The van der Waals surface area contributed by atoms with Gasteiger partial charge in [-0.3, -0.25) is 0 Å². The molecule has 0 rings (SSSR count). The monoisotopic (exact) mass is 186 g/mol. The second-order valence-corrected chi connectivity index (χ2v) is 7.62. The number of unbranched alkanes of at least 4 members (excludes halogenated alkanes) is 3. The van der Waals surface area contributed by atoms with Crippen molar-refractivity contribution in [1.82, 2.24) is 0 Å². The van der Waals surface area contributed by atoms with Crippen LogP contribution >= 0.6 is 0 Å². The van der Waals surface area contributed by atoms with Crippen molar-refractivity contribution in [1.29, 1.82) is 0 Å². The van der Waals surface area contributed by atoms with E-state index >= 15 is 0 Å². The minimum absolute atomic E-state index is 0.922. The molecule has 0 aromatic carbocycles. The standard InChI is InChI=1S/C10H22OSi/c1-5-7-8-9-10-11-12(3,4)6-2/h6H,2,5,7-10H2,1,3-4H3. The Kier molecular flexibility index (Phi) is 6.39. The van der Waals surface area contributed by atoms with E-state index in [4.69, 9.17) is 4.43 Å². The van der Waals surface area contributed by atoms with Crippen LogP contribution in [0.25, 0.3) is 0 Å². The van der Waals surface area contributed by atoms with Crippen molar-refractivity contribution in [2.24, 2.45) is 0 Å². The van der Waals surface area contributed by atoms with Gasteiger partial charge in [-0.1, -0.05) is 31.9 Å². The molecule has 0 aromatic heterocycles. The van der Waals surface area contributed by atoms with E-state index in [0.29, 0.717) is 0 Å². The molecule has 0 fully saturated rings. The molecule has 0 aliphatic carbocycles. The van der Waals surface area contributed by atoms with Gasteiger partial charge in [0.05, 0.1) is 0 Å². The Balaban J connectivity index is 3.25. The topological polar surface area (TPSA) is 9.23 Å². The number of rotatable bonds is 7. The van der Waals surface area contributed by atoms with E-state index in [2.05, 4.69) is 26.6 Å². The fourth-order valence-corrected chi connectivity index (χ4v) is 1.71. The Bertz CT molecular complexity index is 121. The van der Waals surface area contributed by atoms with Gasteiger partial charge in [0.15, 0.2) is 0 Å². The minimum Gasteiger partial charge on any atom is -0.414 e. The molecule has 2 heteroatoms. The molecule has 0 N–H and O–H groups in total. The smallest absolute Gasteiger partial charge is 0.210 e. The highest BCUT2D eigenvalue weighted by Crippen LogP contribution is 2.07. The molecule has 12 heavy (non-hydrogen) atoms. The molecule has 0 saturated carbocycles. The third kappa shape index (κ3) is 6.62. The Labute approximate surface area is 78.0 Å². The van der Waals surface area contributed by atoms with Crippen molar-refractivity contribution in [3.05, 3.63) is 12.3 Å². The zero-order valence-electron chi connectivity index (χ0n) is 8.73. The highest BCUT2D eigenvalue weighted by atomic mass is 28.4. The molecule has 0 radical (unpaired) electrons. The van der Waals surface area contributed by atoms with E-state index < -0.39 is 8.32 Å². The van der Waals surface area contributed by atoms with Crippen molar-refractivity contribution in [2.45, 2.75) is 45.7 Å². The first-order chi connectivity index (χ1) is 5.62. The molecule has 0 saturated heterocycles. The first-order valence-corrected chi connectivity index (χ1v) is 7.88. The fraction of sp³-hybridized carbons (Fsp3) is 0.800. The Morgan fingerprint density at radius 2 is 1.92 bits per heavy atom. The summed E-state index contributed by atoms with van der Waals surface area (Å²) in [7, 11) is -1.47. The lowest BCUT2D eigenvalue weighted by atomic mass is 10.2. The maximum Gasteiger partial charge on any atom is 0.210 e. The molecule has 72 valence electrons. The van der Waals surface area contributed by atoms with Gasteiger partial charge in [0.25, 0.3) is 0 Å². The summed E-state index contributed by atoms with van der Waals surface area (Å²) >= 11 is 0. The first-order valence-electron chi connectivity index (χ1n) is 4.90. The summed E-state index contributed by atoms with van der Waals surface area (Å²) < 4.78 is 5.75. The van der Waals surface area contributed by atoms with Crippen LogP contribution in [0.2, 0.25) is 13.1 Å². The molecule has 0 heterocycles. The SMILES string of the molecule is C=C[Si](C)(C)OCCCCCC. The summed E-state index contributed by atoms with van der Waals surface area (Å²) in [5, 5.41) is 0. The minimum atomic E-state index is -1.47. The van der Waals surface area contributed by atoms with Gasteiger partial charge in [0.1, 0.15) is 0 Å². The van der Waals surface area contributed by atoms with Crippen LogP contribution in [0, 0.1) is 0 Å². The largest absolute Gasteiger partial charge is 0.414 e. The lowest BCUT2D eigenvalue weighted by Crippen LogP contribution is -2.27. The van der Waals surface area contributed by atoms with Crippen molar-refractivity contribution in [2.75, 3.05) is 6.61 Å². The van der Waals surface area contributed by atoms with Crippen molar-refractivity contribution >= 4 is 8.32 Å². The lowest BCUT2D eigenvalue weighted by Gasteiger charge is -2.17. The van der Waals surface area contributed by atoms with Crippen molar-refractivity contribution in [3.8, 4) is 0 Å². The van der Waals surface area contributed by atoms with Gasteiger partial charge in [-0.05, 0) is 19.5 Å². The number of hydrogen-bond donors (Lipinski definition) is 0. The summed E-state index contributed by atoms with van der Waals surface area (Å²) in [6.07, 6.45) is 5.14. The Hall–Kier alpha value is -0.0831. The highest BCUT2D eigenvalue weighted by molar-refractivity contribution is 6.76. The first kappa shape index (κ1) is 11.9. The van der Waals surface area contributed by atoms with Crippen LogP contribution in [0.15, 0.2) is 12.3 Å². The summed E-state index contributed by atoms with van der Waals surface area (Å²) in [5.74, 6) is 0. The molecular weight excluding hydrogens is 164 g/mol. The van der Waals surface area contributed by atoms with E-state index in [0.717, 1.165) is 6.61 Å². The molecule has 0 amide bonds. The zero-order chi connectivity index (χ0) is 9.45. The molecule has 0 atom stereocenters. The van der Waals surface area contributed by atoms with Gasteiger partial charge >= 0.3 is 0 Å². The van der Waals surface area contributed by atoms with Gasteiger partial charge in [-0.2, -0.15) is 0 Å². The predicted molar refractivity (Wildman–Crippen MR) is 57.8 cm³/mol. The van der Waals surface area contributed by atoms with Crippen LogP contribution in [-0.2, 0) is 4.43 Å². The maximum absolute atomic E-state index is 5.75. The summed E-state index contributed by atoms with van der Waals surface area (Å²) in [5.41, 5.74) is 1.99. The average Bonchev–Trinajstić information content (AvgIpc) is 2.04. The third-order valence-corrected chi connectivity index (χ3v) is 3.89. The quantitative estimate of drug-likeness (QED) is 0.437. The second-order valence-electron chi connectivity index (χ2n) is 3.72. The van der Waals surface area contributed by atoms with Crippen molar-refractivity contribution < 1.29 is 4.43 Å². The molecule has 0 aliphatic heterocycles. The van der Waals surface area contributed by atoms with E-state index in [-0.39, 0.29) is 0 Å². The summed E-state index contributed by atoms with van der Waals surface area (Å²) in [4.78, 5) is 0. The predicted octanol–water partition coefficient (Wildman–Crippen LogP) is 3.51. The molecule has 0 aliphatic rings. The van der Waals surface area contributed by atoms with E-state index in [1.54, 1.807) is 0 Å². The van der Waals surface area contributed by atoms with Crippen LogP contribution in [0.5, 0.6) is 0 Å². The van der Waals surface area contributed by atoms with Crippen LogP contribution in [0.4, 0.5) is 0 Å². The normalized spacial score (nSPS) is 11.6. The van der Waals surface area contributed by atoms with Crippen molar-refractivity contribution in [3.63, 3.8) is 0 Å². The molecule has 0 aromatic rings. The van der Waals surface area contributed by atoms with Gasteiger partial charge in [0, 0.05) is 6.61 Å². The van der Waals surface area contributed by atoms with Crippen LogP contribution in [-0.4, -0.2) is 14.9 Å². The molecule has 1 nitrogen and oxygen atoms in total. The summed E-state index contributed by atoms with van der Waals surface area (Å²) in [6.45, 7) is 11.3. The Morgan fingerprint density at radius 3 is 2.42 bits per heavy atom. The van der Waals surface area contributed by atoms with E-state index in [1.165, 1.54) is 25.7 Å². The van der Waals surface area contributed by atoms with Gasteiger partial charge in [-0.15, -0.1) is 6.58 Å². The van der Waals surface area contributed by atoms with Gasteiger partial charge in [0.2, 0.25) is 8.32 Å². The maximum atomic E-state index is 5.75. The third-order valence-electron chi connectivity index (χ3n) is 1.96. The average molecular weight is 186 g/mol. The lowest BCUT2D eigenvalue weighted by molar-refractivity contribution is 0.302. The van der Waals surface area contributed by atoms with E-state index in [9.17, 15) is 0 Å². The summed E-state index contributed by atoms with van der Waals surface area (Å²) in [6, 6.07) is 0. The van der Waals surface area contributed by atoms with Gasteiger partial charge < -0.3 is 4.43 Å². The molecule has 0 bridgehead atoms. The second kappa shape index (κ2) is 6.43. The molecular formula is C10H22OSi. The Morgan fingerprint density at radius 1 is 1.25 bits per heavy atom. The molecule has 0 unspecified atom stereocenters. The van der Waals surface area contributed by atoms with Crippen LogP contribution < -0.4 is 0 Å². The van der Waals surface area contributed by atoms with Crippen LogP contribution in [0.3, 0.4) is 0 Å². The highest BCUT2D eigenvalue weighted by Gasteiger charge is 2.16. The van der Waals surface area contributed by atoms with Crippen LogP contribution in [0.1, 0.15) is 32.6 Å². The molecule has 0 spiro atoms.